The first-order chi connectivity index (χ1) is 13.2. The van der Waals surface area contributed by atoms with E-state index in [-0.39, 0.29) is 23.8 Å². The van der Waals surface area contributed by atoms with Crippen molar-refractivity contribution in [1.82, 2.24) is 10.3 Å². The summed E-state index contributed by atoms with van der Waals surface area (Å²) in [5.41, 5.74) is 2.22. The summed E-state index contributed by atoms with van der Waals surface area (Å²) >= 11 is 0. The SMILES string of the molecule is COC1CCCCC1C(=O)NCc1ccc(C(=O)Nc2ccncc2)cc1. The van der Waals surface area contributed by atoms with Crippen LogP contribution in [0.15, 0.2) is 48.8 Å². The van der Waals surface area contributed by atoms with Crippen molar-refractivity contribution in [2.45, 2.75) is 38.3 Å². The molecule has 2 aromatic rings. The average molecular weight is 367 g/mol. The molecule has 2 amide bonds. The summed E-state index contributed by atoms with van der Waals surface area (Å²) in [4.78, 5) is 28.6. The Balaban J connectivity index is 1.53. The largest absolute Gasteiger partial charge is 0.381 e. The van der Waals surface area contributed by atoms with Gasteiger partial charge in [0.25, 0.3) is 5.91 Å². The normalized spacial score (nSPS) is 19.3. The van der Waals surface area contributed by atoms with Crippen LogP contribution < -0.4 is 10.6 Å². The number of anilines is 1. The monoisotopic (exact) mass is 367 g/mol. The number of carbonyl (C=O) groups excluding carboxylic acids is 2. The molecule has 27 heavy (non-hydrogen) atoms. The zero-order valence-corrected chi connectivity index (χ0v) is 15.5. The molecule has 1 heterocycles. The molecule has 1 saturated carbocycles. The van der Waals surface area contributed by atoms with Crippen LogP contribution in [0.25, 0.3) is 0 Å². The van der Waals surface area contributed by atoms with E-state index in [0.29, 0.717) is 17.8 Å². The van der Waals surface area contributed by atoms with E-state index in [2.05, 4.69) is 15.6 Å². The molecule has 2 atom stereocenters. The Labute approximate surface area is 159 Å². The van der Waals surface area contributed by atoms with Gasteiger partial charge in [0.05, 0.1) is 12.0 Å². The van der Waals surface area contributed by atoms with Gasteiger partial charge in [-0.15, -0.1) is 0 Å². The number of pyridine rings is 1. The van der Waals surface area contributed by atoms with E-state index < -0.39 is 0 Å². The third-order valence-electron chi connectivity index (χ3n) is 4.96. The van der Waals surface area contributed by atoms with Gasteiger partial charge in [-0.1, -0.05) is 25.0 Å². The van der Waals surface area contributed by atoms with Crippen LogP contribution in [0, 0.1) is 5.92 Å². The molecule has 0 radical (unpaired) electrons. The van der Waals surface area contributed by atoms with Gasteiger partial charge in [0.1, 0.15) is 0 Å². The number of nitrogens with zero attached hydrogens (tertiary/aromatic N) is 1. The lowest BCUT2D eigenvalue weighted by Gasteiger charge is -2.29. The van der Waals surface area contributed by atoms with Gasteiger partial charge in [0.15, 0.2) is 0 Å². The number of nitrogens with one attached hydrogen (secondary N) is 2. The highest BCUT2D eigenvalue weighted by molar-refractivity contribution is 6.04. The number of amides is 2. The van der Waals surface area contributed by atoms with E-state index >= 15 is 0 Å². The van der Waals surface area contributed by atoms with Crippen molar-refractivity contribution in [2.75, 3.05) is 12.4 Å². The quantitative estimate of drug-likeness (QED) is 0.822. The topological polar surface area (TPSA) is 80.3 Å². The number of carbonyl (C=O) groups is 2. The smallest absolute Gasteiger partial charge is 0.255 e. The maximum atomic E-state index is 12.5. The van der Waals surface area contributed by atoms with Crippen molar-refractivity contribution in [3.05, 3.63) is 59.9 Å². The summed E-state index contributed by atoms with van der Waals surface area (Å²) in [5, 5.41) is 5.81. The molecule has 0 bridgehead atoms. The van der Waals surface area contributed by atoms with Crippen LogP contribution in [0.2, 0.25) is 0 Å². The predicted molar refractivity (Wildman–Crippen MR) is 103 cm³/mol. The molecule has 1 fully saturated rings. The Bertz CT molecular complexity index is 762. The van der Waals surface area contributed by atoms with Gasteiger partial charge in [-0.05, 0) is 42.7 Å². The van der Waals surface area contributed by atoms with Gasteiger partial charge in [-0.25, -0.2) is 0 Å². The molecule has 0 aliphatic heterocycles. The van der Waals surface area contributed by atoms with E-state index in [9.17, 15) is 9.59 Å². The summed E-state index contributed by atoms with van der Waals surface area (Å²) < 4.78 is 5.46. The Morgan fingerprint density at radius 1 is 1.07 bits per heavy atom. The number of aromatic nitrogens is 1. The molecule has 2 N–H and O–H groups in total. The number of benzene rings is 1. The average Bonchev–Trinajstić information content (AvgIpc) is 2.73. The van der Waals surface area contributed by atoms with Gasteiger partial charge in [0.2, 0.25) is 5.91 Å². The summed E-state index contributed by atoms with van der Waals surface area (Å²) in [6, 6.07) is 10.7. The summed E-state index contributed by atoms with van der Waals surface area (Å²) in [6.07, 6.45) is 7.26. The molecule has 1 aliphatic rings. The molecule has 0 spiro atoms. The molecule has 6 heteroatoms. The van der Waals surface area contributed by atoms with Crippen LogP contribution in [0.3, 0.4) is 0 Å². The third-order valence-corrected chi connectivity index (χ3v) is 4.96. The predicted octanol–water partition coefficient (Wildman–Crippen LogP) is 3.16. The molecule has 3 rings (SSSR count). The van der Waals surface area contributed by atoms with Crippen LogP contribution in [-0.4, -0.2) is 30.0 Å². The molecule has 0 saturated heterocycles. The lowest BCUT2D eigenvalue weighted by atomic mass is 9.85. The highest BCUT2D eigenvalue weighted by Gasteiger charge is 2.30. The van der Waals surface area contributed by atoms with Gasteiger partial charge in [-0.3, -0.25) is 14.6 Å². The van der Waals surface area contributed by atoms with Gasteiger partial charge in [0, 0.05) is 37.3 Å². The second-order valence-corrected chi connectivity index (χ2v) is 6.77. The van der Waals surface area contributed by atoms with Crippen LogP contribution >= 0.6 is 0 Å². The van der Waals surface area contributed by atoms with Crippen LogP contribution in [-0.2, 0) is 16.1 Å². The Hall–Kier alpha value is -2.73. The van der Waals surface area contributed by atoms with Gasteiger partial charge in [-0.2, -0.15) is 0 Å². The van der Waals surface area contributed by atoms with Crippen molar-refractivity contribution >= 4 is 17.5 Å². The standard InChI is InChI=1S/C21H25N3O3/c1-27-19-5-3-2-4-18(19)21(26)23-14-15-6-8-16(9-7-15)20(25)24-17-10-12-22-13-11-17/h6-13,18-19H,2-5,14H2,1H3,(H,23,26)(H,22,24,25). The number of hydrogen-bond donors (Lipinski definition) is 2. The molecule has 1 aromatic carbocycles. The minimum Gasteiger partial charge on any atom is -0.381 e. The van der Waals surface area contributed by atoms with Crippen LogP contribution in [0.1, 0.15) is 41.6 Å². The molecular weight excluding hydrogens is 342 g/mol. The fourth-order valence-electron chi connectivity index (χ4n) is 3.41. The molecule has 1 aliphatic carbocycles. The first-order valence-electron chi connectivity index (χ1n) is 9.28. The highest BCUT2D eigenvalue weighted by Crippen LogP contribution is 2.26. The number of rotatable bonds is 6. The first kappa shape index (κ1) is 19.0. The number of hydrogen-bond acceptors (Lipinski definition) is 4. The maximum Gasteiger partial charge on any atom is 0.255 e. The summed E-state index contributed by atoms with van der Waals surface area (Å²) in [6.45, 7) is 0.442. The highest BCUT2D eigenvalue weighted by atomic mass is 16.5. The van der Waals surface area contributed by atoms with E-state index in [1.807, 2.05) is 12.1 Å². The molecule has 2 unspecified atom stereocenters. The fourth-order valence-corrected chi connectivity index (χ4v) is 3.41. The first-order valence-corrected chi connectivity index (χ1v) is 9.28. The lowest BCUT2D eigenvalue weighted by molar-refractivity contribution is -0.131. The minimum absolute atomic E-state index is 0.0120. The van der Waals surface area contributed by atoms with E-state index in [4.69, 9.17) is 4.74 Å². The van der Waals surface area contributed by atoms with Crippen molar-refractivity contribution in [2.24, 2.45) is 5.92 Å². The Kier molecular flexibility index (Phi) is 6.54. The molecular formula is C21H25N3O3. The zero-order chi connectivity index (χ0) is 19.1. The molecule has 142 valence electrons. The van der Waals surface area contributed by atoms with Gasteiger partial charge < -0.3 is 15.4 Å². The van der Waals surface area contributed by atoms with E-state index in [0.717, 1.165) is 31.2 Å². The van der Waals surface area contributed by atoms with E-state index in [1.165, 1.54) is 0 Å². The third kappa shape index (κ3) is 5.14. The summed E-state index contributed by atoms with van der Waals surface area (Å²) in [7, 11) is 1.67. The van der Waals surface area contributed by atoms with Crippen LogP contribution in [0.5, 0.6) is 0 Å². The molecule has 1 aromatic heterocycles. The fraction of sp³-hybridized carbons (Fsp3) is 0.381. The number of methoxy groups -OCH3 is 1. The molecule has 6 nitrogen and oxygen atoms in total. The Morgan fingerprint density at radius 2 is 1.78 bits per heavy atom. The maximum absolute atomic E-state index is 12.5. The van der Waals surface area contributed by atoms with Crippen molar-refractivity contribution in [3.63, 3.8) is 0 Å². The minimum atomic E-state index is -0.179. The summed E-state index contributed by atoms with van der Waals surface area (Å²) in [5.74, 6) is -0.211. The Morgan fingerprint density at radius 3 is 2.48 bits per heavy atom. The van der Waals surface area contributed by atoms with Crippen molar-refractivity contribution in [1.29, 1.82) is 0 Å². The van der Waals surface area contributed by atoms with E-state index in [1.54, 1.807) is 43.8 Å². The zero-order valence-electron chi connectivity index (χ0n) is 15.5. The van der Waals surface area contributed by atoms with Crippen molar-refractivity contribution in [3.8, 4) is 0 Å². The van der Waals surface area contributed by atoms with Crippen LogP contribution in [0.4, 0.5) is 5.69 Å². The second-order valence-electron chi connectivity index (χ2n) is 6.77. The lowest BCUT2D eigenvalue weighted by Crippen LogP contribution is -2.40. The number of ether oxygens (including phenoxy) is 1. The van der Waals surface area contributed by atoms with Gasteiger partial charge >= 0.3 is 0 Å². The van der Waals surface area contributed by atoms with Crippen molar-refractivity contribution < 1.29 is 14.3 Å². The second kappa shape index (κ2) is 9.28.